The van der Waals surface area contributed by atoms with Crippen molar-refractivity contribution in [2.45, 2.75) is 18.8 Å². The smallest absolute Gasteiger partial charge is 0.139 e. The molecular formula is C14H11BrClFN2S. The molecule has 0 aliphatic carbocycles. The van der Waals surface area contributed by atoms with Crippen molar-refractivity contribution in [1.29, 1.82) is 0 Å². The molecule has 0 N–H and O–H groups in total. The summed E-state index contributed by atoms with van der Waals surface area (Å²) in [5.74, 6) is 0.785. The van der Waals surface area contributed by atoms with Crippen LogP contribution in [0, 0.1) is 5.82 Å². The fraction of sp³-hybridized carbons (Fsp3) is 0.214. The van der Waals surface area contributed by atoms with Crippen LogP contribution >= 0.6 is 38.9 Å². The first-order chi connectivity index (χ1) is 9.69. The van der Waals surface area contributed by atoms with Crippen LogP contribution in [-0.4, -0.2) is 9.55 Å². The second-order valence-corrected chi connectivity index (χ2v) is 6.35. The largest absolute Gasteiger partial charge is 0.327 e. The van der Waals surface area contributed by atoms with Crippen molar-refractivity contribution >= 4 is 49.9 Å². The third-order valence-electron chi connectivity index (χ3n) is 3.19. The van der Waals surface area contributed by atoms with Gasteiger partial charge >= 0.3 is 0 Å². The molecule has 0 saturated heterocycles. The highest BCUT2D eigenvalue weighted by atomic mass is 79.9. The van der Waals surface area contributed by atoms with Gasteiger partial charge < -0.3 is 4.57 Å². The quantitative estimate of drug-likeness (QED) is 0.590. The van der Waals surface area contributed by atoms with E-state index < -0.39 is 0 Å². The van der Waals surface area contributed by atoms with Crippen LogP contribution in [0.5, 0.6) is 0 Å². The molecular weight excluding hydrogens is 363 g/mol. The van der Waals surface area contributed by atoms with Crippen LogP contribution in [0.15, 0.2) is 33.4 Å². The number of hydrogen-bond acceptors (Lipinski definition) is 2. The van der Waals surface area contributed by atoms with Gasteiger partial charge in [0.1, 0.15) is 11.6 Å². The Morgan fingerprint density at radius 3 is 2.95 bits per heavy atom. The normalized spacial score (nSPS) is 11.3. The molecule has 0 radical (unpaired) electrons. The predicted octanol–water partition coefficient (Wildman–Crippen LogP) is 4.98. The topological polar surface area (TPSA) is 17.8 Å². The van der Waals surface area contributed by atoms with Crippen molar-refractivity contribution in [2.75, 3.05) is 0 Å². The summed E-state index contributed by atoms with van der Waals surface area (Å²) < 4.78 is 16.1. The van der Waals surface area contributed by atoms with Crippen molar-refractivity contribution in [3.05, 3.63) is 50.6 Å². The van der Waals surface area contributed by atoms with E-state index in [1.165, 1.54) is 11.6 Å². The zero-order valence-electron chi connectivity index (χ0n) is 10.4. The molecule has 0 aliphatic rings. The van der Waals surface area contributed by atoms with E-state index in [1.54, 1.807) is 17.4 Å². The summed E-state index contributed by atoms with van der Waals surface area (Å²) in [7, 11) is 0. The summed E-state index contributed by atoms with van der Waals surface area (Å²) in [4.78, 5) is 4.41. The van der Waals surface area contributed by atoms with Crippen molar-refractivity contribution in [1.82, 2.24) is 9.55 Å². The molecule has 0 bridgehead atoms. The third-order valence-corrected chi connectivity index (χ3v) is 4.77. The molecule has 2 heterocycles. The first-order valence-electron chi connectivity index (χ1n) is 6.10. The first-order valence-corrected chi connectivity index (χ1v) is 8.37. The lowest BCUT2D eigenvalue weighted by Gasteiger charge is -2.07. The molecule has 20 heavy (non-hydrogen) atoms. The Morgan fingerprint density at radius 1 is 1.40 bits per heavy atom. The van der Waals surface area contributed by atoms with Gasteiger partial charge in [-0.1, -0.05) is 0 Å². The maximum Gasteiger partial charge on any atom is 0.139 e. The minimum atomic E-state index is -0.305. The van der Waals surface area contributed by atoms with E-state index in [9.17, 15) is 4.39 Å². The molecule has 2 nitrogen and oxygen atoms in total. The number of hydrogen-bond donors (Lipinski definition) is 0. The van der Waals surface area contributed by atoms with Crippen LogP contribution in [0.4, 0.5) is 4.39 Å². The van der Waals surface area contributed by atoms with E-state index >= 15 is 0 Å². The molecule has 3 rings (SSSR count). The van der Waals surface area contributed by atoms with Gasteiger partial charge in [-0.15, -0.1) is 11.6 Å². The van der Waals surface area contributed by atoms with Crippen molar-refractivity contribution in [2.24, 2.45) is 0 Å². The fourth-order valence-corrected chi connectivity index (χ4v) is 3.44. The Hall–Kier alpha value is -0.910. The van der Waals surface area contributed by atoms with E-state index in [2.05, 4.69) is 42.3 Å². The van der Waals surface area contributed by atoms with Gasteiger partial charge in [-0.3, -0.25) is 0 Å². The van der Waals surface area contributed by atoms with Crippen LogP contribution in [0.1, 0.15) is 11.4 Å². The van der Waals surface area contributed by atoms with Crippen molar-refractivity contribution in [3.8, 4) is 0 Å². The number of fused-ring (bicyclic) bond motifs is 1. The third kappa shape index (κ3) is 2.62. The molecule has 0 spiro atoms. The SMILES string of the molecule is Fc1cc2nc(CCl)n(CCc3ccsc3)c2cc1Br. The van der Waals surface area contributed by atoms with Gasteiger partial charge in [0.25, 0.3) is 0 Å². The minimum absolute atomic E-state index is 0.305. The Bertz CT molecular complexity index is 739. The number of aryl methyl sites for hydroxylation is 2. The number of aromatic nitrogens is 2. The van der Waals surface area contributed by atoms with Crippen LogP contribution in [0.3, 0.4) is 0 Å². The van der Waals surface area contributed by atoms with E-state index in [0.717, 1.165) is 24.3 Å². The number of rotatable bonds is 4. The van der Waals surface area contributed by atoms with Gasteiger partial charge in [-0.05, 0) is 50.8 Å². The molecule has 104 valence electrons. The lowest BCUT2D eigenvalue weighted by molar-refractivity contribution is 0.622. The summed E-state index contributed by atoms with van der Waals surface area (Å²) in [5.41, 5.74) is 2.84. The van der Waals surface area contributed by atoms with Crippen molar-refractivity contribution in [3.63, 3.8) is 0 Å². The van der Waals surface area contributed by atoms with Crippen LogP contribution in [-0.2, 0) is 18.8 Å². The maximum atomic E-state index is 13.6. The lowest BCUT2D eigenvalue weighted by Crippen LogP contribution is -2.04. The monoisotopic (exact) mass is 372 g/mol. The summed E-state index contributed by atoms with van der Waals surface area (Å²) in [5, 5.41) is 4.20. The highest BCUT2D eigenvalue weighted by molar-refractivity contribution is 9.10. The number of alkyl halides is 1. The average Bonchev–Trinajstić information content (AvgIpc) is 3.05. The first kappa shape index (κ1) is 14.0. The lowest BCUT2D eigenvalue weighted by atomic mass is 10.2. The summed E-state index contributed by atoms with van der Waals surface area (Å²) >= 11 is 10.9. The minimum Gasteiger partial charge on any atom is -0.327 e. The molecule has 0 fully saturated rings. The Kier molecular flexibility index (Phi) is 4.10. The molecule has 0 unspecified atom stereocenters. The number of thiophene rings is 1. The fourth-order valence-electron chi connectivity index (χ4n) is 2.20. The van der Waals surface area contributed by atoms with Crippen LogP contribution in [0.25, 0.3) is 11.0 Å². The molecule has 0 amide bonds. The predicted molar refractivity (Wildman–Crippen MR) is 85.0 cm³/mol. The Balaban J connectivity index is 2.01. The zero-order chi connectivity index (χ0) is 14.1. The van der Waals surface area contributed by atoms with E-state index in [0.29, 0.717) is 15.9 Å². The zero-order valence-corrected chi connectivity index (χ0v) is 13.6. The van der Waals surface area contributed by atoms with E-state index in [1.807, 2.05) is 0 Å². The number of nitrogens with zero attached hydrogens (tertiary/aromatic N) is 2. The van der Waals surface area contributed by atoms with E-state index in [4.69, 9.17) is 11.6 Å². The second-order valence-electron chi connectivity index (χ2n) is 4.45. The molecule has 3 aromatic rings. The average molecular weight is 374 g/mol. The second kappa shape index (κ2) is 5.84. The molecule has 6 heteroatoms. The standard InChI is InChI=1S/C14H11BrClFN2S/c15-10-5-13-12(6-11(10)17)18-14(7-16)19(13)3-1-9-2-4-20-8-9/h2,4-6,8H,1,3,7H2. The number of halogens is 3. The van der Waals surface area contributed by atoms with Gasteiger partial charge in [0.2, 0.25) is 0 Å². The van der Waals surface area contributed by atoms with E-state index in [-0.39, 0.29) is 5.82 Å². The molecule has 0 aliphatic heterocycles. The van der Waals surface area contributed by atoms with Crippen LogP contribution < -0.4 is 0 Å². The molecule has 0 saturated carbocycles. The molecule has 1 aromatic carbocycles. The van der Waals surface area contributed by atoms with Gasteiger partial charge in [0.15, 0.2) is 0 Å². The highest BCUT2D eigenvalue weighted by Gasteiger charge is 2.13. The van der Waals surface area contributed by atoms with Crippen LogP contribution in [0.2, 0.25) is 0 Å². The van der Waals surface area contributed by atoms with Crippen molar-refractivity contribution < 1.29 is 4.39 Å². The highest BCUT2D eigenvalue weighted by Crippen LogP contribution is 2.25. The molecule has 0 atom stereocenters. The maximum absolute atomic E-state index is 13.6. The number of imidazole rings is 1. The number of benzene rings is 1. The summed E-state index contributed by atoms with van der Waals surface area (Å²) in [6.07, 6.45) is 0.911. The van der Waals surface area contributed by atoms with Gasteiger partial charge in [-0.25, -0.2) is 9.37 Å². The van der Waals surface area contributed by atoms with Gasteiger partial charge in [0, 0.05) is 12.6 Å². The Labute approximate surface area is 133 Å². The van der Waals surface area contributed by atoms with Gasteiger partial charge in [0.05, 0.1) is 21.4 Å². The summed E-state index contributed by atoms with van der Waals surface area (Å²) in [6.45, 7) is 0.785. The Morgan fingerprint density at radius 2 is 2.25 bits per heavy atom. The molecule has 2 aromatic heterocycles. The van der Waals surface area contributed by atoms with Gasteiger partial charge in [-0.2, -0.15) is 11.3 Å². The summed E-state index contributed by atoms with van der Waals surface area (Å²) in [6, 6.07) is 5.32.